The van der Waals surface area contributed by atoms with E-state index in [1.165, 1.54) is 19.3 Å². The minimum Gasteiger partial charge on any atom is -0.483 e. The zero-order valence-electron chi connectivity index (χ0n) is 17.8. The Morgan fingerprint density at radius 1 is 0.871 bits per heavy atom. The first-order valence-corrected chi connectivity index (χ1v) is 11.4. The maximum atomic E-state index is 12.8. The molecule has 5 nitrogen and oxygen atoms in total. The molecule has 4 saturated carbocycles. The topological polar surface area (TPSA) is 67.4 Å². The van der Waals surface area contributed by atoms with Crippen LogP contribution in [0.4, 0.5) is 0 Å². The molecule has 0 aliphatic heterocycles. The van der Waals surface area contributed by atoms with Gasteiger partial charge < -0.3 is 15.4 Å². The molecule has 0 spiro atoms. The van der Waals surface area contributed by atoms with Gasteiger partial charge in [-0.1, -0.05) is 42.5 Å². The number of carbonyl (C=O) groups is 2. The summed E-state index contributed by atoms with van der Waals surface area (Å²) < 4.78 is 5.81. The van der Waals surface area contributed by atoms with E-state index in [0.29, 0.717) is 17.9 Å². The standard InChI is InChI=1S/C26H30N2O3/c29-24(28-26-13-19-10-20(14-26)12-21(11-19)15-26)17-31-23-9-5-4-8-22(23)25(30)27-16-18-6-2-1-3-7-18/h1-9,19-21H,10-17H2,(H,27,30)(H,28,29). The fourth-order valence-electron chi connectivity index (χ4n) is 6.39. The molecule has 2 amide bonds. The van der Waals surface area contributed by atoms with Crippen LogP contribution in [0, 0.1) is 17.8 Å². The first kappa shape index (κ1) is 20.1. The number of hydrogen-bond donors (Lipinski definition) is 2. The second kappa shape index (κ2) is 8.37. The van der Waals surface area contributed by atoms with Crippen molar-refractivity contribution in [1.82, 2.24) is 10.6 Å². The Hall–Kier alpha value is -2.82. The number of amides is 2. The number of hydrogen-bond acceptors (Lipinski definition) is 3. The lowest BCUT2D eigenvalue weighted by molar-refractivity contribution is -0.128. The van der Waals surface area contributed by atoms with Crippen molar-refractivity contribution in [3.8, 4) is 5.75 Å². The van der Waals surface area contributed by atoms with Gasteiger partial charge in [-0.05, 0) is 74.0 Å². The summed E-state index contributed by atoms with van der Waals surface area (Å²) in [5.74, 6) is 2.49. The van der Waals surface area contributed by atoms with Gasteiger partial charge in [-0.2, -0.15) is 0 Å². The summed E-state index contributed by atoms with van der Waals surface area (Å²) in [6.07, 6.45) is 7.38. The van der Waals surface area contributed by atoms with E-state index in [1.807, 2.05) is 36.4 Å². The fourth-order valence-corrected chi connectivity index (χ4v) is 6.39. The lowest BCUT2D eigenvalue weighted by atomic mass is 9.53. The zero-order valence-corrected chi connectivity index (χ0v) is 17.8. The second-order valence-electron chi connectivity index (χ2n) is 9.70. The van der Waals surface area contributed by atoms with Crippen molar-refractivity contribution < 1.29 is 14.3 Å². The highest BCUT2D eigenvalue weighted by Crippen LogP contribution is 2.55. The molecule has 4 fully saturated rings. The molecule has 0 radical (unpaired) electrons. The molecule has 4 aliphatic rings. The molecule has 0 aromatic heterocycles. The van der Waals surface area contributed by atoms with Crippen LogP contribution in [0.15, 0.2) is 54.6 Å². The first-order chi connectivity index (χ1) is 15.1. The van der Waals surface area contributed by atoms with Gasteiger partial charge in [-0.25, -0.2) is 0 Å². The number of ether oxygens (including phenoxy) is 1. The van der Waals surface area contributed by atoms with Gasteiger partial charge in [0.25, 0.3) is 11.8 Å². The fraction of sp³-hybridized carbons (Fsp3) is 0.462. The molecule has 0 saturated heterocycles. The van der Waals surface area contributed by atoms with Crippen molar-refractivity contribution in [3.63, 3.8) is 0 Å². The predicted molar refractivity (Wildman–Crippen MR) is 119 cm³/mol. The van der Waals surface area contributed by atoms with E-state index < -0.39 is 0 Å². The van der Waals surface area contributed by atoms with Crippen LogP contribution in [0.1, 0.15) is 54.4 Å². The molecule has 2 aromatic rings. The van der Waals surface area contributed by atoms with Crippen LogP contribution in [-0.4, -0.2) is 24.0 Å². The maximum Gasteiger partial charge on any atom is 0.258 e. The van der Waals surface area contributed by atoms with Gasteiger partial charge in [0.1, 0.15) is 5.75 Å². The van der Waals surface area contributed by atoms with E-state index in [2.05, 4.69) is 10.6 Å². The summed E-state index contributed by atoms with van der Waals surface area (Å²) in [4.78, 5) is 25.4. The van der Waals surface area contributed by atoms with Crippen LogP contribution in [0.25, 0.3) is 0 Å². The van der Waals surface area contributed by atoms with Crippen molar-refractivity contribution in [3.05, 3.63) is 65.7 Å². The van der Waals surface area contributed by atoms with E-state index in [4.69, 9.17) is 4.74 Å². The highest BCUT2D eigenvalue weighted by Gasteiger charge is 2.51. The quantitative estimate of drug-likeness (QED) is 0.712. The summed E-state index contributed by atoms with van der Waals surface area (Å²) >= 11 is 0. The molecule has 162 valence electrons. The molecule has 4 bridgehead atoms. The van der Waals surface area contributed by atoms with Gasteiger partial charge in [0.05, 0.1) is 5.56 Å². The molecular formula is C26H30N2O3. The average Bonchev–Trinajstić information content (AvgIpc) is 2.76. The molecule has 31 heavy (non-hydrogen) atoms. The van der Waals surface area contributed by atoms with E-state index in [0.717, 1.165) is 42.6 Å². The van der Waals surface area contributed by atoms with Crippen molar-refractivity contribution in [2.24, 2.45) is 17.8 Å². The number of carbonyl (C=O) groups excluding carboxylic acids is 2. The monoisotopic (exact) mass is 418 g/mol. The number of benzene rings is 2. The molecule has 0 unspecified atom stereocenters. The Balaban J connectivity index is 1.18. The van der Waals surface area contributed by atoms with Gasteiger partial charge >= 0.3 is 0 Å². The molecule has 2 aromatic carbocycles. The number of para-hydroxylation sites is 1. The molecule has 4 aliphatic carbocycles. The summed E-state index contributed by atoms with van der Waals surface area (Å²) in [6, 6.07) is 16.9. The van der Waals surface area contributed by atoms with Crippen LogP contribution >= 0.6 is 0 Å². The molecule has 0 atom stereocenters. The number of rotatable bonds is 7. The van der Waals surface area contributed by atoms with Crippen LogP contribution in [0.3, 0.4) is 0 Å². The van der Waals surface area contributed by atoms with Crippen molar-refractivity contribution in [2.75, 3.05) is 6.61 Å². The van der Waals surface area contributed by atoms with Crippen molar-refractivity contribution >= 4 is 11.8 Å². The van der Waals surface area contributed by atoms with Crippen LogP contribution < -0.4 is 15.4 Å². The third kappa shape index (κ3) is 4.46. The Morgan fingerprint density at radius 2 is 1.48 bits per heavy atom. The third-order valence-corrected chi connectivity index (χ3v) is 7.23. The Bertz CT molecular complexity index is 921. The minimum absolute atomic E-state index is 0.0260. The van der Waals surface area contributed by atoms with Crippen molar-refractivity contribution in [1.29, 1.82) is 0 Å². The maximum absolute atomic E-state index is 12.8. The Labute approximate surface area is 183 Å². The van der Waals surface area contributed by atoms with Crippen LogP contribution in [-0.2, 0) is 11.3 Å². The second-order valence-corrected chi connectivity index (χ2v) is 9.70. The normalized spacial score (nSPS) is 28.2. The van der Waals surface area contributed by atoms with Gasteiger partial charge in [0.2, 0.25) is 0 Å². The van der Waals surface area contributed by atoms with Gasteiger partial charge in [0.15, 0.2) is 6.61 Å². The molecule has 0 heterocycles. The SMILES string of the molecule is O=C(COc1ccccc1C(=O)NCc1ccccc1)NC12CC3CC(CC(C3)C1)C2. The summed E-state index contributed by atoms with van der Waals surface area (Å²) in [5.41, 5.74) is 1.45. The highest BCUT2D eigenvalue weighted by molar-refractivity contribution is 5.97. The lowest BCUT2D eigenvalue weighted by Crippen LogP contribution is -2.60. The largest absolute Gasteiger partial charge is 0.483 e. The predicted octanol–water partition coefficient (Wildman–Crippen LogP) is 4.08. The lowest BCUT2D eigenvalue weighted by Gasteiger charge is -2.56. The summed E-state index contributed by atoms with van der Waals surface area (Å²) in [5, 5.41) is 6.25. The molecule has 2 N–H and O–H groups in total. The smallest absolute Gasteiger partial charge is 0.258 e. The van der Waals surface area contributed by atoms with Gasteiger partial charge in [-0.15, -0.1) is 0 Å². The Morgan fingerprint density at radius 3 is 2.16 bits per heavy atom. The van der Waals surface area contributed by atoms with Crippen molar-refractivity contribution in [2.45, 2.75) is 50.6 Å². The third-order valence-electron chi connectivity index (χ3n) is 7.23. The van der Waals surface area contributed by atoms with E-state index in [-0.39, 0.29) is 24.0 Å². The molecular weight excluding hydrogens is 388 g/mol. The van der Waals surface area contributed by atoms with E-state index in [1.54, 1.807) is 18.2 Å². The number of nitrogens with one attached hydrogen (secondary N) is 2. The first-order valence-electron chi connectivity index (χ1n) is 11.4. The molecule has 6 rings (SSSR count). The van der Waals surface area contributed by atoms with E-state index in [9.17, 15) is 9.59 Å². The average molecular weight is 419 g/mol. The van der Waals surface area contributed by atoms with Gasteiger partial charge in [-0.3, -0.25) is 9.59 Å². The van der Waals surface area contributed by atoms with Crippen LogP contribution in [0.2, 0.25) is 0 Å². The van der Waals surface area contributed by atoms with Gasteiger partial charge in [0, 0.05) is 12.1 Å². The summed E-state index contributed by atoms with van der Waals surface area (Å²) in [6.45, 7) is 0.380. The zero-order chi connectivity index (χ0) is 21.3. The Kier molecular flexibility index (Phi) is 5.43. The van der Waals surface area contributed by atoms with E-state index >= 15 is 0 Å². The molecule has 5 heteroatoms. The highest BCUT2D eigenvalue weighted by atomic mass is 16.5. The summed E-state index contributed by atoms with van der Waals surface area (Å²) in [7, 11) is 0. The minimum atomic E-state index is -0.207. The van der Waals surface area contributed by atoms with Crippen LogP contribution in [0.5, 0.6) is 5.75 Å².